The minimum Gasteiger partial charge on any atom is -0.495 e. The van der Waals surface area contributed by atoms with Gasteiger partial charge in [-0.1, -0.05) is 26.2 Å². The SMILES string of the molecule is COc1cc(S(=O)NC2CCCCC2)ccc1Nc1ncc(C(F)(F)F)c(N2CCCC(C)C2)n1. The predicted octanol–water partition coefficient (Wildman–Crippen LogP) is 5.43. The first-order valence-corrected chi connectivity index (χ1v) is 13.2. The van der Waals surface area contributed by atoms with Gasteiger partial charge >= 0.3 is 6.18 Å². The number of piperidine rings is 1. The zero-order chi connectivity index (χ0) is 25.0. The van der Waals surface area contributed by atoms with Gasteiger partial charge in [-0.05, 0) is 49.8 Å². The lowest BCUT2D eigenvalue weighted by Gasteiger charge is -2.33. The van der Waals surface area contributed by atoms with Crippen LogP contribution in [0, 0.1) is 5.92 Å². The summed E-state index contributed by atoms with van der Waals surface area (Å²) in [6.45, 7) is 3.05. The van der Waals surface area contributed by atoms with E-state index in [2.05, 4.69) is 20.0 Å². The van der Waals surface area contributed by atoms with Crippen molar-refractivity contribution in [3.8, 4) is 5.75 Å². The van der Waals surface area contributed by atoms with Crippen molar-refractivity contribution in [3.63, 3.8) is 0 Å². The van der Waals surface area contributed by atoms with E-state index in [0.717, 1.165) is 44.7 Å². The number of anilines is 3. The number of nitrogens with one attached hydrogen (secondary N) is 2. The molecule has 7 nitrogen and oxygen atoms in total. The second-order valence-corrected chi connectivity index (χ2v) is 10.6. The number of nitrogens with zero attached hydrogens (tertiary/aromatic N) is 3. The highest BCUT2D eigenvalue weighted by atomic mass is 32.2. The Labute approximate surface area is 206 Å². The molecule has 0 bridgehead atoms. The molecule has 2 heterocycles. The van der Waals surface area contributed by atoms with Gasteiger partial charge in [0.2, 0.25) is 5.95 Å². The Kier molecular flexibility index (Phi) is 8.16. The zero-order valence-corrected chi connectivity index (χ0v) is 20.8. The summed E-state index contributed by atoms with van der Waals surface area (Å²) >= 11 is 0. The first kappa shape index (κ1) is 25.7. The average Bonchev–Trinajstić information content (AvgIpc) is 2.84. The molecule has 2 fully saturated rings. The molecule has 192 valence electrons. The lowest BCUT2D eigenvalue weighted by atomic mass is 9.96. The van der Waals surface area contributed by atoms with Crippen LogP contribution < -0.4 is 19.7 Å². The highest BCUT2D eigenvalue weighted by molar-refractivity contribution is 7.83. The maximum absolute atomic E-state index is 13.7. The number of rotatable bonds is 7. The second kappa shape index (κ2) is 11.1. The quantitative estimate of drug-likeness (QED) is 0.516. The molecule has 2 atom stereocenters. The van der Waals surface area contributed by atoms with Crippen LogP contribution in [-0.2, 0) is 17.2 Å². The molecule has 35 heavy (non-hydrogen) atoms. The maximum Gasteiger partial charge on any atom is 0.421 e. The Balaban J connectivity index is 1.56. The lowest BCUT2D eigenvalue weighted by Crippen LogP contribution is -2.36. The fourth-order valence-electron chi connectivity index (χ4n) is 4.71. The van der Waals surface area contributed by atoms with Gasteiger partial charge < -0.3 is 15.0 Å². The molecule has 11 heteroatoms. The van der Waals surface area contributed by atoms with Gasteiger partial charge in [-0.2, -0.15) is 18.2 Å². The Morgan fingerprint density at radius 1 is 1.14 bits per heavy atom. The normalized spacial score (nSPS) is 20.5. The summed E-state index contributed by atoms with van der Waals surface area (Å²) in [4.78, 5) is 10.4. The average molecular weight is 512 g/mol. The highest BCUT2D eigenvalue weighted by Gasteiger charge is 2.37. The van der Waals surface area contributed by atoms with E-state index in [4.69, 9.17) is 4.74 Å². The van der Waals surface area contributed by atoms with E-state index < -0.39 is 22.7 Å². The highest BCUT2D eigenvalue weighted by Crippen LogP contribution is 2.38. The van der Waals surface area contributed by atoms with E-state index in [9.17, 15) is 17.4 Å². The standard InChI is InChI=1S/C24H32F3N5O2S/c1-16-7-6-12-32(15-16)22-19(24(25,26)27)14-28-23(30-22)29-20-11-10-18(13-21(20)34-2)35(33)31-17-8-4-3-5-9-17/h10-11,13-14,16-17,31H,3-9,12,15H2,1-2H3,(H,28,29,30). The van der Waals surface area contributed by atoms with E-state index in [1.807, 2.05) is 6.92 Å². The van der Waals surface area contributed by atoms with Crippen LogP contribution in [-0.4, -0.2) is 40.4 Å². The van der Waals surface area contributed by atoms with Crippen molar-refractivity contribution in [2.24, 2.45) is 5.92 Å². The summed E-state index contributed by atoms with van der Waals surface area (Å²) in [7, 11) is 0.0902. The molecule has 0 amide bonds. The molecule has 1 aromatic heterocycles. The Morgan fingerprint density at radius 3 is 2.60 bits per heavy atom. The van der Waals surface area contributed by atoms with Crippen LogP contribution in [0.1, 0.15) is 57.4 Å². The Hall–Kier alpha value is -2.40. The summed E-state index contributed by atoms with van der Waals surface area (Å²) in [5, 5.41) is 2.98. The van der Waals surface area contributed by atoms with Gasteiger partial charge in [0.05, 0.1) is 17.7 Å². The van der Waals surface area contributed by atoms with Crippen molar-refractivity contribution in [2.45, 2.75) is 69.0 Å². The first-order chi connectivity index (χ1) is 16.7. The molecule has 2 unspecified atom stereocenters. The molecule has 1 aliphatic carbocycles. The van der Waals surface area contributed by atoms with Crippen LogP contribution in [0.15, 0.2) is 29.3 Å². The summed E-state index contributed by atoms with van der Waals surface area (Å²) in [5.41, 5.74) is -0.368. The Bertz CT molecular complexity index is 1050. The predicted molar refractivity (Wildman–Crippen MR) is 130 cm³/mol. The number of methoxy groups -OCH3 is 1. The summed E-state index contributed by atoms with van der Waals surface area (Å²) in [6.07, 6.45) is 3.55. The number of halogens is 3. The van der Waals surface area contributed by atoms with Gasteiger partial charge in [-0.3, -0.25) is 0 Å². The van der Waals surface area contributed by atoms with E-state index in [1.54, 1.807) is 23.1 Å². The zero-order valence-electron chi connectivity index (χ0n) is 20.0. The van der Waals surface area contributed by atoms with Crippen molar-refractivity contribution in [2.75, 3.05) is 30.4 Å². The molecule has 2 aliphatic rings. The number of ether oxygens (including phenoxy) is 1. The minimum atomic E-state index is -4.55. The van der Waals surface area contributed by atoms with Crippen LogP contribution >= 0.6 is 0 Å². The van der Waals surface area contributed by atoms with Crippen molar-refractivity contribution < 1.29 is 22.1 Å². The van der Waals surface area contributed by atoms with Crippen LogP contribution in [0.5, 0.6) is 5.75 Å². The smallest absolute Gasteiger partial charge is 0.421 e. The summed E-state index contributed by atoms with van der Waals surface area (Å²) < 4.78 is 62.5. The lowest BCUT2D eigenvalue weighted by molar-refractivity contribution is -0.137. The maximum atomic E-state index is 13.7. The topological polar surface area (TPSA) is 79.4 Å². The van der Waals surface area contributed by atoms with E-state index in [0.29, 0.717) is 29.4 Å². The van der Waals surface area contributed by atoms with E-state index >= 15 is 0 Å². The largest absolute Gasteiger partial charge is 0.495 e. The molecular weight excluding hydrogens is 479 g/mol. The third kappa shape index (κ3) is 6.43. The van der Waals surface area contributed by atoms with Crippen molar-refractivity contribution in [1.29, 1.82) is 0 Å². The van der Waals surface area contributed by atoms with Gasteiger partial charge in [0.1, 0.15) is 28.1 Å². The molecular formula is C24H32F3N5O2S. The van der Waals surface area contributed by atoms with Crippen LogP contribution in [0.3, 0.4) is 0 Å². The molecule has 1 aromatic carbocycles. The molecule has 1 saturated heterocycles. The van der Waals surface area contributed by atoms with Crippen LogP contribution in [0.25, 0.3) is 0 Å². The molecule has 0 spiro atoms. The van der Waals surface area contributed by atoms with Gasteiger partial charge in [0.25, 0.3) is 0 Å². The first-order valence-electron chi connectivity index (χ1n) is 12.1. The van der Waals surface area contributed by atoms with Crippen molar-refractivity contribution in [3.05, 3.63) is 30.0 Å². The van der Waals surface area contributed by atoms with Gasteiger partial charge in [-0.25, -0.2) is 13.9 Å². The monoisotopic (exact) mass is 511 g/mol. The van der Waals surface area contributed by atoms with Crippen molar-refractivity contribution >= 4 is 28.4 Å². The van der Waals surface area contributed by atoms with Crippen molar-refractivity contribution in [1.82, 2.24) is 14.7 Å². The number of hydrogen-bond acceptors (Lipinski definition) is 6. The van der Waals surface area contributed by atoms with Crippen LogP contribution in [0.2, 0.25) is 0 Å². The molecule has 0 radical (unpaired) electrons. The van der Waals surface area contributed by atoms with Crippen LogP contribution in [0.4, 0.5) is 30.6 Å². The fourth-order valence-corrected chi connectivity index (χ4v) is 5.79. The van der Waals surface area contributed by atoms with Gasteiger partial charge in [0.15, 0.2) is 0 Å². The number of benzene rings is 1. The summed E-state index contributed by atoms with van der Waals surface area (Å²) in [6, 6.07) is 5.27. The fraction of sp³-hybridized carbons (Fsp3) is 0.583. The Morgan fingerprint density at radius 2 is 1.91 bits per heavy atom. The molecule has 2 N–H and O–H groups in total. The number of aromatic nitrogens is 2. The summed E-state index contributed by atoms with van der Waals surface area (Å²) in [5.74, 6) is 0.610. The molecule has 1 aliphatic heterocycles. The second-order valence-electron chi connectivity index (χ2n) is 9.33. The van der Waals surface area contributed by atoms with Gasteiger partial charge in [-0.15, -0.1) is 0 Å². The number of hydrogen-bond donors (Lipinski definition) is 2. The minimum absolute atomic E-state index is 0.0405. The molecule has 2 aromatic rings. The van der Waals surface area contributed by atoms with Gasteiger partial charge in [0, 0.05) is 25.3 Å². The molecule has 1 saturated carbocycles. The van der Waals surface area contributed by atoms with E-state index in [1.165, 1.54) is 13.5 Å². The molecule has 4 rings (SSSR count). The van der Waals surface area contributed by atoms with E-state index in [-0.39, 0.29) is 23.7 Å². The number of alkyl halides is 3. The third-order valence-electron chi connectivity index (χ3n) is 6.54. The third-order valence-corrected chi connectivity index (χ3v) is 7.77.